The van der Waals surface area contributed by atoms with Crippen molar-refractivity contribution in [3.63, 3.8) is 0 Å². The number of thiophene rings is 1. The van der Waals surface area contributed by atoms with E-state index in [1.54, 1.807) is 73.8 Å². The van der Waals surface area contributed by atoms with Crippen LogP contribution in [0.25, 0.3) is 26.3 Å². The van der Waals surface area contributed by atoms with Crippen molar-refractivity contribution in [3.8, 4) is 27.8 Å². The number of imide groups is 1. The molecule has 1 saturated carbocycles. The topological polar surface area (TPSA) is 134 Å². The predicted octanol–water partition coefficient (Wildman–Crippen LogP) is 6.61. The summed E-state index contributed by atoms with van der Waals surface area (Å²) in [7, 11) is 3.09. The van der Waals surface area contributed by atoms with Crippen LogP contribution in [0.2, 0.25) is 10.0 Å². The number of aromatic nitrogens is 5. The number of carbonyl (C=O) groups excluding carboxylic acids is 2. The molecule has 4 unspecified atom stereocenters. The molecule has 0 radical (unpaired) electrons. The Morgan fingerprint density at radius 1 is 1.00 bits per heavy atom. The monoisotopic (exact) mass is 782 g/mol. The molecule has 1 N–H and O–H groups in total. The van der Waals surface area contributed by atoms with E-state index in [-0.39, 0.29) is 29.5 Å². The molecule has 3 aliphatic rings. The number of methoxy groups -OCH3 is 1. The summed E-state index contributed by atoms with van der Waals surface area (Å²) in [5, 5.41) is 17.1. The van der Waals surface area contributed by atoms with Gasteiger partial charge in [-0.05, 0) is 84.8 Å². The maximum absolute atomic E-state index is 15.1. The zero-order valence-electron chi connectivity index (χ0n) is 29.4. The second kappa shape index (κ2) is 12.1. The molecule has 12 nitrogen and oxygen atoms in total. The first-order valence-corrected chi connectivity index (χ1v) is 18.8. The van der Waals surface area contributed by atoms with Gasteiger partial charge in [0.15, 0.2) is 11.5 Å². The van der Waals surface area contributed by atoms with Gasteiger partial charge in [0.25, 0.3) is 0 Å². The molecule has 6 aromatic rings. The molecule has 2 amide bonds. The molecular weight excluding hydrogens is 751 g/mol. The Morgan fingerprint density at radius 3 is 2.50 bits per heavy atom. The van der Waals surface area contributed by atoms with Gasteiger partial charge in [-0.3, -0.25) is 14.3 Å². The fourth-order valence-corrected chi connectivity index (χ4v) is 10.3. The van der Waals surface area contributed by atoms with Crippen molar-refractivity contribution in [3.05, 3.63) is 121 Å². The quantitative estimate of drug-likeness (QED) is 0.154. The van der Waals surface area contributed by atoms with Gasteiger partial charge in [-0.1, -0.05) is 47.5 Å². The molecule has 54 heavy (non-hydrogen) atoms. The Kier molecular flexibility index (Phi) is 7.69. The maximum atomic E-state index is 15.1. The summed E-state index contributed by atoms with van der Waals surface area (Å²) in [6, 6.07) is 18.5. The Morgan fingerprint density at radius 2 is 1.76 bits per heavy atom. The summed E-state index contributed by atoms with van der Waals surface area (Å²) >= 11 is 14.4. The number of allylic oxidation sites excluding steroid dienone is 2. The third kappa shape index (κ3) is 4.64. The third-order valence-corrected chi connectivity index (χ3v) is 13.2. The Hall–Kier alpha value is -5.37. The van der Waals surface area contributed by atoms with Crippen LogP contribution in [0.5, 0.6) is 11.5 Å². The lowest BCUT2D eigenvalue weighted by Gasteiger charge is -2.47. The lowest BCUT2D eigenvalue weighted by molar-refractivity contribution is -0.129. The summed E-state index contributed by atoms with van der Waals surface area (Å²) in [6.45, 7) is 3.81. The average molecular weight is 784 g/mol. The lowest BCUT2D eigenvalue weighted by atomic mass is 9.56. The second-order valence-electron chi connectivity index (χ2n) is 14.1. The number of phenolic OH excluding ortho intramolecular Hbond substituents is 1. The summed E-state index contributed by atoms with van der Waals surface area (Å²) in [4.78, 5) is 60.1. The van der Waals surface area contributed by atoms with Crippen LogP contribution in [0.15, 0.2) is 88.0 Å². The maximum Gasteiger partial charge on any atom is 0.352 e. The number of ether oxygens (including phenoxy) is 1. The van der Waals surface area contributed by atoms with E-state index < -0.39 is 46.5 Å². The number of hydrogen-bond acceptors (Lipinski definition) is 8. The molecule has 274 valence electrons. The van der Waals surface area contributed by atoms with Crippen LogP contribution in [-0.4, -0.2) is 47.7 Å². The summed E-state index contributed by atoms with van der Waals surface area (Å²) in [5.74, 6) is -2.53. The van der Waals surface area contributed by atoms with Crippen LogP contribution in [0.3, 0.4) is 0 Å². The number of nitrogens with zero attached hydrogens (tertiary/aromatic N) is 6. The van der Waals surface area contributed by atoms with E-state index in [4.69, 9.17) is 33.0 Å². The fourth-order valence-electron chi connectivity index (χ4n) is 8.80. The van der Waals surface area contributed by atoms with E-state index in [1.807, 2.05) is 31.2 Å². The summed E-state index contributed by atoms with van der Waals surface area (Å²) in [5.41, 5.74) is 0.730. The third-order valence-electron chi connectivity index (χ3n) is 11.4. The first-order chi connectivity index (χ1) is 25.8. The number of hydrogen-bond donors (Lipinski definition) is 1. The molecule has 5 heterocycles. The van der Waals surface area contributed by atoms with E-state index in [9.17, 15) is 19.5 Å². The Labute approximate surface area is 321 Å². The first kappa shape index (κ1) is 34.4. The van der Waals surface area contributed by atoms with Crippen molar-refractivity contribution < 1.29 is 19.4 Å². The molecule has 3 aromatic heterocycles. The zero-order valence-corrected chi connectivity index (χ0v) is 31.7. The van der Waals surface area contributed by atoms with Crippen LogP contribution in [0, 0.1) is 18.3 Å². The smallest absolute Gasteiger partial charge is 0.352 e. The highest BCUT2D eigenvalue weighted by molar-refractivity contribution is 7.22. The number of carbonyl (C=O) groups is 2. The van der Waals surface area contributed by atoms with Gasteiger partial charge in [-0.2, -0.15) is 5.10 Å². The van der Waals surface area contributed by atoms with Gasteiger partial charge in [-0.15, -0.1) is 11.3 Å². The molecule has 0 bridgehead atoms. The highest BCUT2D eigenvalue weighted by Gasteiger charge is 2.66. The fraction of sp³-hybridized carbons (Fsp3) is 0.256. The van der Waals surface area contributed by atoms with Crippen molar-refractivity contribution >= 4 is 62.3 Å². The normalized spacial score (nSPS) is 22.0. The Bertz CT molecular complexity index is 2760. The molecule has 2 aliphatic heterocycles. The molecule has 9 rings (SSSR count). The van der Waals surface area contributed by atoms with E-state index >= 15 is 4.79 Å². The number of aromatic hydroxyl groups is 1. The number of halogens is 2. The van der Waals surface area contributed by atoms with Gasteiger partial charge in [0, 0.05) is 28.8 Å². The second-order valence-corrected chi connectivity index (χ2v) is 16.0. The molecule has 1 saturated heterocycles. The van der Waals surface area contributed by atoms with Crippen molar-refractivity contribution in [2.24, 2.45) is 18.4 Å². The van der Waals surface area contributed by atoms with Crippen molar-refractivity contribution in [2.45, 2.75) is 38.8 Å². The number of rotatable bonds is 5. The van der Waals surface area contributed by atoms with Gasteiger partial charge in [-0.25, -0.2) is 28.4 Å². The zero-order chi connectivity index (χ0) is 38.0. The standard InChI is InChI=1S/C39H32Cl2N6O6S/c1-19-24-16-21(40)10-11-30(24)54-34(19)27-18-31(43(3)42-27)46-35(49)25-17-28-23(12-13-44-37(51)45(38(52)47(28)44)22-8-6-5-7-9-22)32(39(25,2)36(46)50)20-14-26(41)33(48)29(15-20)53-4/h5-12,14-16,18,25,28,32,48H,13,17H2,1-4H3. The van der Waals surface area contributed by atoms with Crippen LogP contribution >= 0.6 is 34.5 Å². The van der Waals surface area contributed by atoms with E-state index in [0.29, 0.717) is 33.4 Å². The molecule has 2 fully saturated rings. The van der Waals surface area contributed by atoms with Gasteiger partial charge in [0.1, 0.15) is 11.5 Å². The van der Waals surface area contributed by atoms with Gasteiger partial charge in [0.2, 0.25) is 11.8 Å². The number of para-hydroxylation sites is 1. The van der Waals surface area contributed by atoms with E-state index in [0.717, 1.165) is 25.1 Å². The lowest BCUT2D eigenvalue weighted by Crippen LogP contribution is -2.49. The highest BCUT2D eigenvalue weighted by atomic mass is 35.5. The Balaban J connectivity index is 1.21. The highest BCUT2D eigenvalue weighted by Crippen LogP contribution is 2.62. The molecule has 4 atom stereocenters. The van der Waals surface area contributed by atoms with Crippen LogP contribution in [0.1, 0.15) is 36.4 Å². The molecule has 15 heteroatoms. The number of fused-ring (bicyclic) bond motifs is 5. The van der Waals surface area contributed by atoms with Crippen LogP contribution in [0.4, 0.5) is 5.82 Å². The molecule has 3 aromatic carbocycles. The van der Waals surface area contributed by atoms with E-state index in [1.165, 1.54) is 26.1 Å². The average Bonchev–Trinajstić information content (AvgIpc) is 3.83. The number of benzene rings is 3. The largest absolute Gasteiger partial charge is 0.503 e. The number of phenols is 1. The minimum atomic E-state index is -1.38. The minimum Gasteiger partial charge on any atom is -0.503 e. The molecular formula is C39H32Cl2N6O6S. The number of aryl methyl sites for hydroxylation is 2. The van der Waals surface area contributed by atoms with Crippen LogP contribution < -0.4 is 21.0 Å². The van der Waals surface area contributed by atoms with Gasteiger partial charge < -0.3 is 9.84 Å². The molecule has 1 aliphatic carbocycles. The first-order valence-electron chi connectivity index (χ1n) is 17.2. The SMILES string of the molecule is COc1cc(C2C3=CCn4c(=O)n(-c5ccccc5)c(=O)n4C3CC3C(=O)N(c4cc(-c5sc6ccc(Cl)cc6c5C)nn4C)C(=O)C32C)cc(Cl)c1O. The number of amides is 2. The van der Waals surface area contributed by atoms with E-state index in [2.05, 4.69) is 0 Å². The predicted molar refractivity (Wildman–Crippen MR) is 206 cm³/mol. The van der Waals surface area contributed by atoms with Crippen molar-refractivity contribution in [2.75, 3.05) is 12.0 Å². The summed E-state index contributed by atoms with van der Waals surface area (Å²) < 4.78 is 12.0. The summed E-state index contributed by atoms with van der Waals surface area (Å²) in [6.07, 6.45) is 1.93. The van der Waals surface area contributed by atoms with Crippen LogP contribution in [-0.2, 0) is 23.2 Å². The van der Waals surface area contributed by atoms with Crippen molar-refractivity contribution in [1.29, 1.82) is 0 Å². The molecule has 0 spiro atoms. The van der Waals surface area contributed by atoms with Gasteiger partial charge in [0.05, 0.1) is 46.6 Å². The van der Waals surface area contributed by atoms with Gasteiger partial charge >= 0.3 is 11.4 Å². The number of anilines is 1. The minimum absolute atomic E-state index is 0.00256. The van der Waals surface area contributed by atoms with Crippen molar-refractivity contribution in [1.82, 2.24) is 23.7 Å².